The first-order valence-electron chi connectivity index (χ1n) is 8.43. The summed E-state index contributed by atoms with van der Waals surface area (Å²) >= 11 is 5.92. The van der Waals surface area contributed by atoms with E-state index in [1.54, 1.807) is 48.5 Å². The van der Waals surface area contributed by atoms with Gasteiger partial charge in [-0.15, -0.1) is 0 Å². The third kappa shape index (κ3) is 4.83. The molecule has 0 aliphatic carbocycles. The summed E-state index contributed by atoms with van der Waals surface area (Å²) in [6, 6.07) is 17.2. The van der Waals surface area contributed by atoms with Gasteiger partial charge in [-0.05, 0) is 30.3 Å². The number of hydrogen-bond donors (Lipinski definition) is 2. The van der Waals surface area contributed by atoms with Crippen molar-refractivity contribution in [1.29, 1.82) is 0 Å². The molecular formula is C20H17ClN4O3. The lowest BCUT2D eigenvalue weighted by molar-refractivity contribution is -0.117. The number of anilines is 2. The molecule has 0 unspecified atom stereocenters. The summed E-state index contributed by atoms with van der Waals surface area (Å²) in [7, 11) is 0. The number of rotatable bonds is 5. The van der Waals surface area contributed by atoms with Crippen molar-refractivity contribution in [3.63, 3.8) is 0 Å². The maximum atomic E-state index is 12.6. The summed E-state index contributed by atoms with van der Waals surface area (Å²) in [6.45, 7) is 0.996. The largest absolute Gasteiger partial charge is 0.324 e. The number of benzene rings is 2. The maximum Gasteiger partial charge on any atom is 0.291 e. The molecule has 2 aromatic carbocycles. The van der Waals surface area contributed by atoms with Crippen molar-refractivity contribution >= 4 is 34.8 Å². The highest BCUT2D eigenvalue weighted by molar-refractivity contribution is 6.30. The number of para-hydroxylation sites is 1. The molecule has 0 fully saturated rings. The van der Waals surface area contributed by atoms with Gasteiger partial charge in [-0.3, -0.25) is 14.4 Å². The molecule has 142 valence electrons. The van der Waals surface area contributed by atoms with E-state index < -0.39 is 17.4 Å². The third-order valence-corrected chi connectivity index (χ3v) is 4.03. The molecule has 0 aliphatic rings. The van der Waals surface area contributed by atoms with Crippen LogP contribution in [0, 0.1) is 0 Å². The quantitative estimate of drug-likeness (QED) is 0.692. The minimum absolute atomic E-state index is 0.0416. The fraction of sp³-hybridized carbons (Fsp3) is 0.100. The average molecular weight is 397 g/mol. The summed E-state index contributed by atoms with van der Waals surface area (Å²) < 4.78 is 1.02. The van der Waals surface area contributed by atoms with Gasteiger partial charge in [-0.2, -0.15) is 5.10 Å². The van der Waals surface area contributed by atoms with E-state index in [1.165, 1.54) is 13.0 Å². The molecule has 0 spiro atoms. The number of carbonyl (C=O) groups excluding carboxylic acids is 2. The van der Waals surface area contributed by atoms with E-state index in [0.717, 1.165) is 4.68 Å². The normalized spacial score (nSPS) is 10.4. The van der Waals surface area contributed by atoms with Crippen LogP contribution < -0.4 is 16.2 Å². The first kappa shape index (κ1) is 19.3. The highest BCUT2D eigenvalue weighted by Crippen LogP contribution is 2.20. The van der Waals surface area contributed by atoms with Crippen LogP contribution in [0.4, 0.5) is 11.4 Å². The van der Waals surface area contributed by atoms with Gasteiger partial charge in [0.05, 0.1) is 5.69 Å². The Hall–Kier alpha value is -3.45. The van der Waals surface area contributed by atoms with E-state index in [4.69, 9.17) is 11.6 Å². The summed E-state index contributed by atoms with van der Waals surface area (Å²) in [5.74, 6) is -0.812. The maximum absolute atomic E-state index is 12.6. The monoisotopic (exact) mass is 396 g/mol. The number of nitrogens with zero attached hydrogens (tertiary/aromatic N) is 2. The summed E-state index contributed by atoms with van der Waals surface area (Å²) in [5.41, 5.74) is 1.19. The van der Waals surface area contributed by atoms with E-state index in [-0.39, 0.29) is 12.2 Å². The first-order chi connectivity index (χ1) is 13.4. The molecule has 0 bridgehead atoms. The van der Waals surface area contributed by atoms with Gasteiger partial charge in [-0.25, -0.2) is 4.68 Å². The minimum atomic E-state index is -0.573. The summed E-state index contributed by atoms with van der Waals surface area (Å²) in [6.07, 6.45) is 0. The Balaban J connectivity index is 1.95. The Morgan fingerprint density at radius 2 is 1.71 bits per heavy atom. The molecule has 28 heavy (non-hydrogen) atoms. The number of hydrogen-bond acceptors (Lipinski definition) is 4. The van der Waals surface area contributed by atoms with Crippen molar-refractivity contribution < 1.29 is 9.59 Å². The average Bonchev–Trinajstić information content (AvgIpc) is 2.66. The van der Waals surface area contributed by atoms with Gasteiger partial charge in [0, 0.05) is 23.2 Å². The van der Waals surface area contributed by atoms with Crippen molar-refractivity contribution in [1.82, 2.24) is 9.78 Å². The number of nitrogens with one attached hydrogen (secondary N) is 2. The molecule has 0 saturated heterocycles. The van der Waals surface area contributed by atoms with Crippen LogP contribution in [0.25, 0.3) is 11.3 Å². The third-order valence-electron chi connectivity index (χ3n) is 3.78. The molecule has 0 saturated carbocycles. The van der Waals surface area contributed by atoms with Gasteiger partial charge < -0.3 is 10.6 Å². The van der Waals surface area contributed by atoms with Crippen LogP contribution in [0.3, 0.4) is 0 Å². The number of carbonyl (C=O) groups is 2. The zero-order valence-electron chi connectivity index (χ0n) is 15.0. The van der Waals surface area contributed by atoms with Crippen LogP contribution >= 0.6 is 11.6 Å². The summed E-state index contributed by atoms with van der Waals surface area (Å²) in [5, 5.41) is 10.0. The number of aromatic nitrogens is 2. The molecule has 0 radical (unpaired) electrons. The predicted molar refractivity (Wildman–Crippen MR) is 108 cm³/mol. The lowest BCUT2D eigenvalue weighted by Crippen LogP contribution is -2.32. The van der Waals surface area contributed by atoms with Crippen LogP contribution in [0.1, 0.15) is 6.92 Å². The van der Waals surface area contributed by atoms with E-state index >= 15 is 0 Å². The van der Waals surface area contributed by atoms with Gasteiger partial charge in [0.15, 0.2) is 0 Å². The number of amides is 2. The van der Waals surface area contributed by atoms with E-state index in [9.17, 15) is 14.4 Å². The second-order valence-electron chi connectivity index (χ2n) is 6.01. The predicted octanol–water partition coefficient (Wildman–Crippen LogP) is 3.16. The van der Waals surface area contributed by atoms with Crippen molar-refractivity contribution in [3.8, 4) is 11.3 Å². The van der Waals surface area contributed by atoms with Crippen LogP contribution in [0.5, 0.6) is 0 Å². The molecule has 2 N–H and O–H groups in total. The SMILES string of the molecule is CC(=O)Nc1cc(-c2ccc(Cl)cc2)nn(CC(=O)Nc2ccccc2)c1=O. The summed E-state index contributed by atoms with van der Waals surface area (Å²) in [4.78, 5) is 36.4. The topological polar surface area (TPSA) is 93.1 Å². The molecule has 0 atom stereocenters. The van der Waals surface area contributed by atoms with Gasteiger partial charge in [0.25, 0.3) is 5.56 Å². The second kappa shape index (κ2) is 8.49. The highest BCUT2D eigenvalue weighted by atomic mass is 35.5. The number of halogens is 1. The Kier molecular flexibility index (Phi) is 5.86. The van der Waals surface area contributed by atoms with Gasteiger partial charge >= 0.3 is 0 Å². The molecule has 1 heterocycles. The first-order valence-corrected chi connectivity index (χ1v) is 8.81. The van der Waals surface area contributed by atoms with Crippen LogP contribution in [0.15, 0.2) is 65.5 Å². The lowest BCUT2D eigenvalue weighted by Gasteiger charge is -2.11. The van der Waals surface area contributed by atoms with E-state index in [2.05, 4.69) is 15.7 Å². The molecule has 0 aliphatic heterocycles. The standard InChI is InChI=1S/C20H17ClN4O3/c1-13(26)22-18-11-17(14-7-9-15(21)10-8-14)24-25(20(18)28)12-19(27)23-16-5-3-2-4-6-16/h2-11H,12H2,1H3,(H,22,26)(H,23,27). The van der Waals surface area contributed by atoms with Crippen molar-refractivity contribution in [2.24, 2.45) is 0 Å². The van der Waals surface area contributed by atoms with E-state index in [0.29, 0.717) is 22.0 Å². The molecule has 2 amide bonds. The van der Waals surface area contributed by atoms with Crippen molar-refractivity contribution in [2.75, 3.05) is 10.6 Å². The highest BCUT2D eigenvalue weighted by Gasteiger charge is 2.14. The Bertz CT molecular complexity index is 1060. The Morgan fingerprint density at radius 1 is 1.04 bits per heavy atom. The molecule has 1 aromatic heterocycles. The fourth-order valence-corrected chi connectivity index (χ4v) is 2.67. The van der Waals surface area contributed by atoms with Crippen LogP contribution in [-0.4, -0.2) is 21.6 Å². The fourth-order valence-electron chi connectivity index (χ4n) is 2.55. The smallest absolute Gasteiger partial charge is 0.291 e. The molecule has 8 heteroatoms. The Labute approximate surface area is 166 Å². The minimum Gasteiger partial charge on any atom is -0.324 e. The lowest BCUT2D eigenvalue weighted by atomic mass is 10.1. The molecular weight excluding hydrogens is 380 g/mol. The van der Waals surface area contributed by atoms with Gasteiger partial charge in [0.1, 0.15) is 12.2 Å². The Morgan fingerprint density at radius 3 is 2.36 bits per heavy atom. The second-order valence-corrected chi connectivity index (χ2v) is 6.44. The molecule has 7 nitrogen and oxygen atoms in total. The van der Waals surface area contributed by atoms with Gasteiger partial charge in [0.2, 0.25) is 11.8 Å². The van der Waals surface area contributed by atoms with Crippen LogP contribution in [-0.2, 0) is 16.1 Å². The van der Waals surface area contributed by atoms with Crippen molar-refractivity contribution in [3.05, 3.63) is 76.0 Å². The zero-order chi connectivity index (χ0) is 20.1. The zero-order valence-corrected chi connectivity index (χ0v) is 15.7. The van der Waals surface area contributed by atoms with E-state index in [1.807, 2.05) is 6.07 Å². The van der Waals surface area contributed by atoms with Crippen LogP contribution in [0.2, 0.25) is 5.02 Å². The molecule has 3 rings (SSSR count). The van der Waals surface area contributed by atoms with Crippen molar-refractivity contribution in [2.45, 2.75) is 13.5 Å². The van der Waals surface area contributed by atoms with Gasteiger partial charge in [-0.1, -0.05) is 41.9 Å². The molecule has 3 aromatic rings.